The predicted octanol–water partition coefficient (Wildman–Crippen LogP) is 2.97. The average Bonchev–Trinajstić information content (AvgIpc) is 2.60. The minimum absolute atomic E-state index is 0.313. The van der Waals surface area contributed by atoms with Gasteiger partial charge in [-0.25, -0.2) is 0 Å². The van der Waals surface area contributed by atoms with Crippen LogP contribution in [-0.2, 0) is 17.8 Å². The number of ether oxygens (including phenoxy) is 1. The number of hydrogen-bond acceptors (Lipinski definition) is 2. The molecule has 0 amide bonds. The zero-order chi connectivity index (χ0) is 13.5. The maximum absolute atomic E-state index is 5.59. The molecule has 18 heavy (non-hydrogen) atoms. The monoisotopic (exact) mass is 252 g/mol. The second-order valence-corrected chi connectivity index (χ2v) is 5.56. The Balaban J connectivity index is 2.40. The summed E-state index contributed by atoms with van der Waals surface area (Å²) in [7, 11) is 0. The molecule has 0 aromatic carbocycles. The van der Waals surface area contributed by atoms with Crippen LogP contribution in [0.3, 0.4) is 0 Å². The summed E-state index contributed by atoms with van der Waals surface area (Å²) in [5, 5.41) is 3.49. The van der Waals surface area contributed by atoms with Crippen molar-refractivity contribution < 1.29 is 4.74 Å². The first kappa shape index (κ1) is 15.3. The Morgan fingerprint density at radius 1 is 1.28 bits per heavy atom. The molecule has 1 N–H and O–H groups in total. The Labute approximate surface area is 112 Å². The van der Waals surface area contributed by atoms with Gasteiger partial charge in [0.2, 0.25) is 0 Å². The molecule has 0 saturated heterocycles. The molecule has 0 bridgehead atoms. The quantitative estimate of drug-likeness (QED) is 0.770. The molecule has 1 aromatic heterocycles. The summed E-state index contributed by atoms with van der Waals surface area (Å²) < 4.78 is 7.86. The minimum atomic E-state index is 0.313. The van der Waals surface area contributed by atoms with Crippen molar-refractivity contribution in [2.24, 2.45) is 5.92 Å². The van der Waals surface area contributed by atoms with Crippen molar-refractivity contribution in [3.63, 3.8) is 0 Å². The van der Waals surface area contributed by atoms with Gasteiger partial charge >= 0.3 is 0 Å². The zero-order valence-corrected chi connectivity index (χ0v) is 12.5. The lowest BCUT2D eigenvalue weighted by Gasteiger charge is -2.11. The molecule has 104 valence electrons. The molecule has 0 aliphatic carbocycles. The largest absolute Gasteiger partial charge is 0.377 e. The van der Waals surface area contributed by atoms with Crippen LogP contribution in [0.1, 0.15) is 39.0 Å². The fourth-order valence-electron chi connectivity index (χ4n) is 1.91. The van der Waals surface area contributed by atoms with Crippen molar-refractivity contribution in [2.75, 3.05) is 13.2 Å². The van der Waals surface area contributed by atoms with Crippen LogP contribution in [0.5, 0.6) is 0 Å². The summed E-state index contributed by atoms with van der Waals surface area (Å²) in [5.41, 5.74) is 2.74. The molecule has 0 saturated carbocycles. The van der Waals surface area contributed by atoms with Gasteiger partial charge in [-0.2, -0.15) is 0 Å². The normalized spacial score (nSPS) is 11.7. The van der Waals surface area contributed by atoms with Crippen LogP contribution in [0.4, 0.5) is 0 Å². The Morgan fingerprint density at radius 3 is 2.61 bits per heavy atom. The van der Waals surface area contributed by atoms with E-state index in [0.29, 0.717) is 12.0 Å². The standard InChI is InChI=1S/C15H28N2O/c1-12(2)10-16-11-15-6-7-17(14(15)5)8-9-18-13(3)4/h6-7,12-13,16H,8-11H2,1-5H3. The van der Waals surface area contributed by atoms with E-state index in [1.807, 2.05) is 0 Å². The van der Waals surface area contributed by atoms with E-state index in [1.54, 1.807) is 0 Å². The van der Waals surface area contributed by atoms with Crippen molar-refractivity contribution >= 4 is 0 Å². The Bertz CT molecular complexity index is 311. The maximum atomic E-state index is 5.59. The average molecular weight is 252 g/mol. The van der Waals surface area contributed by atoms with Crippen LogP contribution in [0, 0.1) is 12.8 Å². The predicted molar refractivity (Wildman–Crippen MR) is 76.8 cm³/mol. The van der Waals surface area contributed by atoms with Gasteiger partial charge in [0.05, 0.1) is 12.7 Å². The highest BCUT2D eigenvalue weighted by molar-refractivity contribution is 5.20. The SMILES string of the molecule is Cc1c(CNCC(C)C)ccn1CCOC(C)C. The van der Waals surface area contributed by atoms with Crippen LogP contribution >= 0.6 is 0 Å². The number of aromatic nitrogens is 1. The summed E-state index contributed by atoms with van der Waals surface area (Å²) in [6.45, 7) is 14.5. The molecule has 0 unspecified atom stereocenters. The first-order valence-electron chi connectivity index (χ1n) is 6.97. The molecule has 3 heteroatoms. The molecule has 1 heterocycles. The van der Waals surface area contributed by atoms with Gasteiger partial charge in [-0.3, -0.25) is 0 Å². The van der Waals surface area contributed by atoms with Crippen LogP contribution in [0.15, 0.2) is 12.3 Å². The van der Waals surface area contributed by atoms with E-state index in [-0.39, 0.29) is 0 Å². The molecular formula is C15H28N2O. The van der Waals surface area contributed by atoms with Crippen molar-refractivity contribution in [2.45, 2.75) is 53.8 Å². The van der Waals surface area contributed by atoms with E-state index in [9.17, 15) is 0 Å². The highest BCUT2D eigenvalue weighted by Gasteiger charge is 2.05. The fourth-order valence-corrected chi connectivity index (χ4v) is 1.91. The first-order chi connectivity index (χ1) is 8.50. The van der Waals surface area contributed by atoms with Crippen LogP contribution in [-0.4, -0.2) is 23.8 Å². The van der Waals surface area contributed by atoms with Gasteiger partial charge in [0.1, 0.15) is 0 Å². The van der Waals surface area contributed by atoms with Crippen LogP contribution < -0.4 is 5.32 Å². The number of rotatable bonds is 8. The molecule has 0 atom stereocenters. The lowest BCUT2D eigenvalue weighted by atomic mass is 10.2. The molecule has 0 radical (unpaired) electrons. The van der Waals surface area contributed by atoms with E-state index in [0.717, 1.165) is 26.2 Å². The Morgan fingerprint density at radius 2 is 2.00 bits per heavy atom. The van der Waals surface area contributed by atoms with E-state index < -0.39 is 0 Å². The second kappa shape index (κ2) is 7.59. The lowest BCUT2D eigenvalue weighted by Crippen LogP contribution is -2.19. The van der Waals surface area contributed by atoms with Gasteiger partial charge in [-0.05, 0) is 44.9 Å². The van der Waals surface area contributed by atoms with Gasteiger partial charge in [-0.15, -0.1) is 0 Å². The fraction of sp³-hybridized carbons (Fsp3) is 0.733. The first-order valence-corrected chi connectivity index (χ1v) is 6.97. The lowest BCUT2D eigenvalue weighted by molar-refractivity contribution is 0.0725. The highest BCUT2D eigenvalue weighted by atomic mass is 16.5. The van der Waals surface area contributed by atoms with Gasteiger partial charge in [0, 0.05) is 25.0 Å². The van der Waals surface area contributed by atoms with Crippen molar-refractivity contribution in [1.29, 1.82) is 0 Å². The second-order valence-electron chi connectivity index (χ2n) is 5.56. The van der Waals surface area contributed by atoms with E-state index in [2.05, 4.69) is 56.8 Å². The molecule has 0 aliphatic rings. The molecular weight excluding hydrogens is 224 g/mol. The van der Waals surface area contributed by atoms with Crippen molar-refractivity contribution in [3.05, 3.63) is 23.5 Å². The maximum Gasteiger partial charge on any atom is 0.0649 e. The molecule has 1 aromatic rings. The topological polar surface area (TPSA) is 26.2 Å². The molecule has 3 nitrogen and oxygen atoms in total. The van der Waals surface area contributed by atoms with Crippen molar-refractivity contribution in [3.8, 4) is 0 Å². The summed E-state index contributed by atoms with van der Waals surface area (Å²) in [5.74, 6) is 0.701. The van der Waals surface area contributed by atoms with E-state index >= 15 is 0 Å². The van der Waals surface area contributed by atoms with Gasteiger partial charge < -0.3 is 14.6 Å². The van der Waals surface area contributed by atoms with Crippen LogP contribution in [0.2, 0.25) is 0 Å². The number of nitrogens with one attached hydrogen (secondary N) is 1. The number of nitrogens with zero attached hydrogens (tertiary/aromatic N) is 1. The Hall–Kier alpha value is -0.800. The Kier molecular flexibility index (Phi) is 6.44. The van der Waals surface area contributed by atoms with Crippen molar-refractivity contribution in [1.82, 2.24) is 9.88 Å². The van der Waals surface area contributed by atoms with Crippen LogP contribution in [0.25, 0.3) is 0 Å². The summed E-state index contributed by atoms with van der Waals surface area (Å²) in [6.07, 6.45) is 2.47. The third-order valence-electron chi connectivity index (χ3n) is 3.00. The molecule has 1 rings (SSSR count). The minimum Gasteiger partial charge on any atom is -0.377 e. The number of hydrogen-bond donors (Lipinski definition) is 1. The zero-order valence-electron chi connectivity index (χ0n) is 12.5. The summed E-state index contributed by atoms with van der Waals surface area (Å²) >= 11 is 0. The summed E-state index contributed by atoms with van der Waals surface area (Å²) in [4.78, 5) is 0. The third-order valence-corrected chi connectivity index (χ3v) is 3.00. The molecule has 0 spiro atoms. The van der Waals surface area contributed by atoms with E-state index in [1.165, 1.54) is 11.3 Å². The molecule has 0 fully saturated rings. The smallest absolute Gasteiger partial charge is 0.0649 e. The van der Waals surface area contributed by atoms with Gasteiger partial charge in [0.25, 0.3) is 0 Å². The summed E-state index contributed by atoms with van der Waals surface area (Å²) in [6, 6.07) is 2.21. The highest BCUT2D eigenvalue weighted by Crippen LogP contribution is 2.10. The van der Waals surface area contributed by atoms with Gasteiger partial charge in [0.15, 0.2) is 0 Å². The molecule has 0 aliphatic heterocycles. The van der Waals surface area contributed by atoms with Gasteiger partial charge in [-0.1, -0.05) is 13.8 Å². The van der Waals surface area contributed by atoms with E-state index in [4.69, 9.17) is 4.74 Å². The third kappa shape index (κ3) is 5.23.